The van der Waals surface area contributed by atoms with Crippen LogP contribution in [0.1, 0.15) is 15.9 Å². The van der Waals surface area contributed by atoms with Crippen LogP contribution < -0.4 is 14.8 Å². The number of benzene rings is 2. The number of carbonyl (C=O) groups excluding carboxylic acids is 1. The Bertz CT molecular complexity index is 871. The third-order valence-electron chi connectivity index (χ3n) is 3.67. The van der Waals surface area contributed by atoms with Gasteiger partial charge in [0.05, 0.1) is 25.9 Å². The van der Waals surface area contributed by atoms with Crippen LogP contribution in [0.15, 0.2) is 36.5 Å². The van der Waals surface area contributed by atoms with Gasteiger partial charge in [0.1, 0.15) is 0 Å². The monoisotopic (exact) mass is 311 g/mol. The first kappa shape index (κ1) is 14.9. The van der Waals surface area contributed by atoms with Crippen LogP contribution in [0.4, 0.5) is 5.69 Å². The van der Waals surface area contributed by atoms with Crippen molar-refractivity contribution in [3.8, 4) is 11.5 Å². The fourth-order valence-corrected chi connectivity index (χ4v) is 2.44. The van der Waals surface area contributed by atoms with Crippen LogP contribution in [0, 0.1) is 6.92 Å². The summed E-state index contributed by atoms with van der Waals surface area (Å²) in [5.74, 6) is 0.912. The second-order valence-corrected chi connectivity index (χ2v) is 5.15. The van der Waals surface area contributed by atoms with Gasteiger partial charge in [-0.25, -0.2) is 0 Å². The Labute approximate surface area is 133 Å². The molecule has 0 aliphatic rings. The lowest BCUT2D eigenvalue weighted by Gasteiger charge is -2.13. The summed E-state index contributed by atoms with van der Waals surface area (Å²) in [5, 5.41) is 10.7. The minimum absolute atomic E-state index is 0.206. The maximum Gasteiger partial charge on any atom is 0.256 e. The molecule has 0 saturated heterocycles. The van der Waals surface area contributed by atoms with Crippen molar-refractivity contribution in [2.75, 3.05) is 19.5 Å². The van der Waals surface area contributed by atoms with E-state index in [0.717, 1.165) is 16.5 Å². The molecule has 23 heavy (non-hydrogen) atoms. The maximum atomic E-state index is 12.5. The topological polar surface area (TPSA) is 76.2 Å². The number of H-pyrrole nitrogens is 1. The number of amides is 1. The minimum Gasteiger partial charge on any atom is -0.493 e. The van der Waals surface area contributed by atoms with Crippen LogP contribution in [0.25, 0.3) is 10.9 Å². The van der Waals surface area contributed by atoms with Gasteiger partial charge in [-0.2, -0.15) is 5.10 Å². The Morgan fingerprint density at radius 2 is 1.87 bits per heavy atom. The Morgan fingerprint density at radius 3 is 2.61 bits per heavy atom. The van der Waals surface area contributed by atoms with Gasteiger partial charge >= 0.3 is 0 Å². The number of hydrogen-bond donors (Lipinski definition) is 2. The molecule has 2 aromatic carbocycles. The van der Waals surface area contributed by atoms with E-state index in [0.29, 0.717) is 22.7 Å². The number of methoxy groups -OCH3 is 2. The summed E-state index contributed by atoms with van der Waals surface area (Å²) in [6.07, 6.45) is 1.74. The highest BCUT2D eigenvalue weighted by atomic mass is 16.5. The highest BCUT2D eigenvalue weighted by Crippen LogP contribution is 2.30. The van der Waals surface area contributed by atoms with Crippen LogP contribution in [0.3, 0.4) is 0 Å². The predicted octanol–water partition coefficient (Wildman–Crippen LogP) is 3.14. The Kier molecular flexibility index (Phi) is 3.89. The molecule has 0 fully saturated rings. The second-order valence-electron chi connectivity index (χ2n) is 5.15. The molecule has 0 bridgehead atoms. The van der Waals surface area contributed by atoms with Crippen LogP contribution in [-0.2, 0) is 0 Å². The number of rotatable bonds is 4. The third-order valence-corrected chi connectivity index (χ3v) is 3.67. The summed E-state index contributed by atoms with van der Waals surface area (Å²) in [7, 11) is 3.11. The number of hydrogen-bond acceptors (Lipinski definition) is 4. The molecule has 6 nitrogen and oxygen atoms in total. The lowest BCUT2D eigenvalue weighted by Crippen LogP contribution is -2.13. The number of ether oxygens (including phenoxy) is 2. The summed E-state index contributed by atoms with van der Waals surface area (Å²) in [5.41, 5.74) is 2.91. The molecule has 118 valence electrons. The standard InChI is InChI=1S/C17H17N3O3/c1-10-6-15(22-2)16(23-3)8-13(10)17(21)19-12-5-4-11-9-18-20-14(11)7-12/h4-9H,1-3H3,(H,18,20)(H,19,21). The number of aromatic nitrogens is 2. The van der Waals surface area contributed by atoms with E-state index in [1.165, 1.54) is 0 Å². The zero-order chi connectivity index (χ0) is 16.4. The molecule has 0 aliphatic carbocycles. The largest absolute Gasteiger partial charge is 0.493 e. The smallest absolute Gasteiger partial charge is 0.256 e. The van der Waals surface area contributed by atoms with Gasteiger partial charge in [-0.05, 0) is 42.8 Å². The van der Waals surface area contributed by atoms with Crippen molar-refractivity contribution in [1.82, 2.24) is 10.2 Å². The summed E-state index contributed by atoms with van der Waals surface area (Å²) >= 11 is 0. The van der Waals surface area contributed by atoms with E-state index in [4.69, 9.17) is 9.47 Å². The first-order chi connectivity index (χ1) is 11.1. The van der Waals surface area contributed by atoms with E-state index < -0.39 is 0 Å². The highest BCUT2D eigenvalue weighted by molar-refractivity contribution is 6.06. The number of anilines is 1. The van der Waals surface area contributed by atoms with Crippen molar-refractivity contribution < 1.29 is 14.3 Å². The first-order valence-electron chi connectivity index (χ1n) is 7.09. The van der Waals surface area contributed by atoms with Crippen LogP contribution in [0.2, 0.25) is 0 Å². The van der Waals surface area contributed by atoms with Gasteiger partial charge in [-0.3, -0.25) is 9.89 Å². The first-order valence-corrected chi connectivity index (χ1v) is 7.09. The van der Waals surface area contributed by atoms with Crippen LogP contribution >= 0.6 is 0 Å². The van der Waals surface area contributed by atoms with Crippen molar-refractivity contribution in [3.05, 3.63) is 47.7 Å². The predicted molar refractivity (Wildman–Crippen MR) is 88.3 cm³/mol. The molecule has 3 aromatic rings. The Balaban J connectivity index is 1.90. The third kappa shape index (κ3) is 2.83. The van der Waals surface area contributed by atoms with Gasteiger partial charge < -0.3 is 14.8 Å². The number of aromatic amines is 1. The minimum atomic E-state index is -0.206. The molecule has 6 heteroatoms. The average molecular weight is 311 g/mol. The maximum absolute atomic E-state index is 12.5. The number of nitrogens with one attached hydrogen (secondary N) is 2. The number of nitrogens with zero attached hydrogens (tertiary/aromatic N) is 1. The average Bonchev–Trinajstić information content (AvgIpc) is 3.02. The molecule has 1 aromatic heterocycles. The van der Waals surface area contributed by atoms with E-state index in [9.17, 15) is 4.79 Å². The van der Waals surface area contributed by atoms with Gasteiger partial charge in [0.25, 0.3) is 5.91 Å². The van der Waals surface area contributed by atoms with E-state index >= 15 is 0 Å². The summed E-state index contributed by atoms with van der Waals surface area (Å²) in [6.45, 7) is 1.86. The number of aryl methyl sites for hydroxylation is 1. The fourth-order valence-electron chi connectivity index (χ4n) is 2.44. The van der Waals surface area contributed by atoms with Gasteiger partial charge in [-0.1, -0.05) is 0 Å². The van der Waals surface area contributed by atoms with E-state index in [1.54, 1.807) is 32.5 Å². The zero-order valence-electron chi connectivity index (χ0n) is 13.1. The van der Waals surface area contributed by atoms with Crippen molar-refractivity contribution in [1.29, 1.82) is 0 Å². The van der Waals surface area contributed by atoms with Crippen LogP contribution in [0.5, 0.6) is 11.5 Å². The van der Waals surface area contributed by atoms with Crippen molar-refractivity contribution in [2.45, 2.75) is 6.92 Å². The van der Waals surface area contributed by atoms with Gasteiger partial charge in [0.2, 0.25) is 0 Å². The molecular weight excluding hydrogens is 294 g/mol. The molecule has 0 atom stereocenters. The van der Waals surface area contributed by atoms with Crippen molar-refractivity contribution in [3.63, 3.8) is 0 Å². The molecule has 1 amide bonds. The number of carbonyl (C=O) groups is 1. The molecule has 0 aliphatic heterocycles. The molecule has 0 saturated carbocycles. The fraction of sp³-hybridized carbons (Fsp3) is 0.176. The number of fused-ring (bicyclic) bond motifs is 1. The van der Waals surface area contributed by atoms with E-state index in [2.05, 4.69) is 15.5 Å². The normalized spacial score (nSPS) is 10.6. The summed E-state index contributed by atoms with van der Waals surface area (Å²) in [4.78, 5) is 12.5. The Hall–Kier alpha value is -3.02. The SMILES string of the molecule is COc1cc(C)c(C(=O)Nc2ccc3cn[nH]c3c2)cc1OC. The van der Waals surface area contributed by atoms with Crippen molar-refractivity contribution in [2.24, 2.45) is 0 Å². The lowest BCUT2D eigenvalue weighted by molar-refractivity contribution is 0.102. The molecule has 0 spiro atoms. The van der Waals surface area contributed by atoms with E-state index in [-0.39, 0.29) is 5.91 Å². The molecule has 2 N–H and O–H groups in total. The molecule has 0 unspecified atom stereocenters. The van der Waals surface area contributed by atoms with Crippen molar-refractivity contribution >= 4 is 22.5 Å². The van der Waals surface area contributed by atoms with E-state index in [1.807, 2.05) is 25.1 Å². The highest BCUT2D eigenvalue weighted by Gasteiger charge is 2.15. The lowest BCUT2D eigenvalue weighted by atomic mass is 10.1. The van der Waals surface area contributed by atoms with Crippen LogP contribution in [-0.4, -0.2) is 30.3 Å². The molecule has 3 rings (SSSR count). The summed E-state index contributed by atoms with van der Waals surface area (Å²) < 4.78 is 10.5. The van der Waals surface area contributed by atoms with Gasteiger partial charge in [0.15, 0.2) is 11.5 Å². The van der Waals surface area contributed by atoms with Gasteiger partial charge in [-0.15, -0.1) is 0 Å². The Morgan fingerprint density at radius 1 is 1.13 bits per heavy atom. The second kappa shape index (κ2) is 6.00. The summed E-state index contributed by atoms with van der Waals surface area (Å²) in [6, 6.07) is 9.04. The quantitative estimate of drug-likeness (QED) is 0.776. The zero-order valence-corrected chi connectivity index (χ0v) is 13.1. The van der Waals surface area contributed by atoms with Gasteiger partial charge in [0, 0.05) is 16.6 Å². The molecular formula is C17H17N3O3. The molecule has 0 radical (unpaired) electrons. The molecule has 1 heterocycles.